The third kappa shape index (κ3) is 2.27. The summed E-state index contributed by atoms with van der Waals surface area (Å²) in [6.45, 7) is 10.0. The van der Waals surface area contributed by atoms with E-state index < -0.39 is 0 Å². The normalized spacial score (nSPS) is 38.6. The SMILES string of the molecule is CCOC1CC(NC2CCN(C)C2)C1(C)C. The first-order valence-corrected chi connectivity index (χ1v) is 6.60. The molecule has 2 aliphatic rings. The smallest absolute Gasteiger partial charge is 0.0655 e. The zero-order valence-electron chi connectivity index (χ0n) is 11.1. The van der Waals surface area contributed by atoms with Gasteiger partial charge in [-0.1, -0.05) is 13.8 Å². The van der Waals surface area contributed by atoms with Crippen molar-refractivity contribution in [2.75, 3.05) is 26.7 Å². The molecule has 1 N–H and O–H groups in total. The molecule has 2 fully saturated rings. The third-order valence-corrected chi connectivity index (χ3v) is 4.37. The lowest BCUT2D eigenvalue weighted by Crippen LogP contribution is -2.63. The number of hydrogen-bond acceptors (Lipinski definition) is 3. The highest BCUT2D eigenvalue weighted by Crippen LogP contribution is 2.43. The summed E-state index contributed by atoms with van der Waals surface area (Å²) in [7, 11) is 2.20. The molecule has 0 amide bonds. The maximum Gasteiger partial charge on any atom is 0.0655 e. The second kappa shape index (κ2) is 4.63. The zero-order valence-corrected chi connectivity index (χ0v) is 11.1. The van der Waals surface area contributed by atoms with Crippen LogP contribution in [0.3, 0.4) is 0 Å². The molecule has 2 rings (SSSR count). The summed E-state index contributed by atoms with van der Waals surface area (Å²) in [5.41, 5.74) is 0.303. The second-order valence-electron chi connectivity index (χ2n) is 5.97. The van der Waals surface area contributed by atoms with Crippen molar-refractivity contribution >= 4 is 0 Å². The van der Waals surface area contributed by atoms with Crippen LogP contribution in [0.4, 0.5) is 0 Å². The minimum atomic E-state index is 0.303. The van der Waals surface area contributed by atoms with Crippen LogP contribution in [0.5, 0.6) is 0 Å². The molecular formula is C13H26N2O. The van der Waals surface area contributed by atoms with Gasteiger partial charge in [0.05, 0.1) is 6.10 Å². The van der Waals surface area contributed by atoms with Crippen LogP contribution in [0.2, 0.25) is 0 Å². The highest BCUT2D eigenvalue weighted by Gasteiger charge is 2.49. The largest absolute Gasteiger partial charge is 0.378 e. The van der Waals surface area contributed by atoms with E-state index in [0.717, 1.165) is 6.61 Å². The van der Waals surface area contributed by atoms with E-state index in [1.54, 1.807) is 0 Å². The van der Waals surface area contributed by atoms with Gasteiger partial charge in [-0.3, -0.25) is 0 Å². The molecule has 1 heterocycles. The van der Waals surface area contributed by atoms with Gasteiger partial charge in [0.25, 0.3) is 0 Å². The summed E-state index contributed by atoms with van der Waals surface area (Å²) >= 11 is 0. The molecule has 0 aromatic carbocycles. The van der Waals surface area contributed by atoms with Crippen molar-refractivity contribution in [3.05, 3.63) is 0 Å². The predicted molar refractivity (Wildman–Crippen MR) is 66.6 cm³/mol. The monoisotopic (exact) mass is 226 g/mol. The van der Waals surface area contributed by atoms with Crippen LogP contribution >= 0.6 is 0 Å². The average Bonchev–Trinajstić information content (AvgIpc) is 2.63. The lowest BCUT2D eigenvalue weighted by atomic mass is 9.64. The van der Waals surface area contributed by atoms with Gasteiger partial charge in [-0.15, -0.1) is 0 Å². The Morgan fingerprint density at radius 1 is 1.44 bits per heavy atom. The molecule has 3 unspecified atom stereocenters. The van der Waals surface area contributed by atoms with E-state index in [2.05, 4.69) is 38.0 Å². The van der Waals surface area contributed by atoms with Crippen molar-refractivity contribution in [3.63, 3.8) is 0 Å². The van der Waals surface area contributed by atoms with Crippen molar-refractivity contribution in [2.45, 2.75) is 51.8 Å². The standard InChI is InChI=1S/C13H26N2O/c1-5-16-12-8-11(13(12,2)3)14-10-6-7-15(4)9-10/h10-12,14H,5-9H2,1-4H3. The van der Waals surface area contributed by atoms with Gasteiger partial charge in [-0.05, 0) is 33.4 Å². The van der Waals surface area contributed by atoms with Gasteiger partial charge >= 0.3 is 0 Å². The van der Waals surface area contributed by atoms with E-state index in [1.165, 1.54) is 25.9 Å². The molecule has 1 saturated carbocycles. The summed E-state index contributed by atoms with van der Waals surface area (Å²) in [6.07, 6.45) is 2.93. The molecule has 0 spiro atoms. The van der Waals surface area contributed by atoms with Gasteiger partial charge in [-0.2, -0.15) is 0 Å². The van der Waals surface area contributed by atoms with E-state index in [-0.39, 0.29) is 0 Å². The zero-order chi connectivity index (χ0) is 11.8. The van der Waals surface area contributed by atoms with Crippen molar-refractivity contribution in [2.24, 2.45) is 5.41 Å². The van der Waals surface area contributed by atoms with Gasteiger partial charge in [0.15, 0.2) is 0 Å². The Balaban J connectivity index is 1.80. The molecular weight excluding hydrogens is 200 g/mol. The number of hydrogen-bond donors (Lipinski definition) is 1. The third-order valence-electron chi connectivity index (χ3n) is 4.37. The molecule has 0 bridgehead atoms. The minimum Gasteiger partial charge on any atom is -0.378 e. The van der Waals surface area contributed by atoms with E-state index >= 15 is 0 Å². The van der Waals surface area contributed by atoms with Crippen LogP contribution in [-0.2, 0) is 4.74 Å². The summed E-state index contributed by atoms with van der Waals surface area (Å²) in [5, 5.41) is 3.80. The molecule has 1 aliphatic heterocycles. The predicted octanol–water partition coefficient (Wildman–Crippen LogP) is 1.48. The van der Waals surface area contributed by atoms with Gasteiger partial charge in [-0.25, -0.2) is 0 Å². The Bertz CT molecular complexity index is 242. The maximum absolute atomic E-state index is 5.76. The molecule has 0 radical (unpaired) electrons. The van der Waals surface area contributed by atoms with Crippen LogP contribution in [0.15, 0.2) is 0 Å². The fraction of sp³-hybridized carbons (Fsp3) is 1.00. The number of likely N-dealkylation sites (tertiary alicyclic amines) is 1. The Morgan fingerprint density at radius 3 is 2.69 bits per heavy atom. The van der Waals surface area contributed by atoms with Crippen molar-refractivity contribution in [3.8, 4) is 0 Å². The minimum absolute atomic E-state index is 0.303. The molecule has 16 heavy (non-hydrogen) atoms. The van der Waals surface area contributed by atoms with E-state index in [9.17, 15) is 0 Å². The number of ether oxygens (including phenoxy) is 1. The Hall–Kier alpha value is -0.120. The molecule has 1 aliphatic carbocycles. The van der Waals surface area contributed by atoms with Crippen molar-refractivity contribution in [1.82, 2.24) is 10.2 Å². The summed E-state index contributed by atoms with van der Waals surface area (Å²) < 4.78 is 5.76. The number of nitrogens with zero attached hydrogens (tertiary/aromatic N) is 1. The first-order chi connectivity index (χ1) is 7.54. The second-order valence-corrected chi connectivity index (χ2v) is 5.97. The van der Waals surface area contributed by atoms with Gasteiger partial charge in [0, 0.05) is 30.7 Å². The molecule has 1 saturated heterocycles. The quantitative estimate of drug-likeness (QED) is 0.786. The van der Waals surface area contributed by atoms with E-state index in [0.29, 0.717) is 23.6 Å². The molecule has 94 valence electrons. The molecule has 3 heteroatoms. The first-order valence-electron chi connectivity index (χ1n) is 6.60. The first kappa shape index (κ1) is 12.3. The van der Waals surface area contributed by atoms with Gasteiger partial charge in [0.2, 0.25) is 0 Å². The Labute approximate surface area is 99.5 Å². The topological polar surface area (TPSA) is 24.5 Å². The number of likely N-dealkylation sites (N-methyl/N-ethyl adjacent to an activating group) is 1. The van der Waals surface area contributed by atoms with Gasteiger partial charge in [0.1, 0.15) is 0 Å². The van der Waals surface area contributed by atoms with Gasteiger partial charge < -0.3 is 15.0 Å². The van der Waals surface area contributed by atoms with Crippen molar-refractivity contribution in [1.29, 1.82) is 0 Å². The van der Waals surface area contributed by atoms with E-state index in [1.807, 2.05) is 0 Å². The van der Waals surface area contributed by atoms with Crippen molar-refractivity contribution < 1.29 is 4.74 Å². The highest BCUT2D eigenvalue weighted by atomic mass is 16.5. The lowest BCUT2D eigenvalue weighted by molar-refractivity contribution is -0.116. The van der Waals surface area contributed by atoms with Crippen LogP contribution in [-0.4, -0.2) is 49.8 Å². The molecule has 3 nitrogen and oxygen atoms in total. The molecule has 0 aromatic rings. The molecule has 3 atom stereocenters. The molecule has 0 aromatic heterocycles. The van der Waals surface area contributed by atoms with Crippen LogP contribution in [0.1, 0.15) is 33.6 Å². The average molecular weight is 226 g/mol. The summed E-state index contributed by atoms with van der Waals surface area (Å²) in [5.74, 6) is 0. The highest BCUT2D eigenvalue weighted by molar-refractivity contribution is 5.04. The Kier molecular flexibility index (Phi) is 3.57. The number of nitrogens with one attached hydrogen (secondary N) is 1. The van der Waals surface area contributed by atoms with Crippen LogP contribution < -0.4 is 5.32 Å². The van der Waals surface area contributed by atoms with Crippen LogP contribution in [0.25, 0.3) is 0 Å². The fourth-order valence-electron chi connectivity index (χ4n) is 3.01. The number of rotatable bonds is 4. The van der Waals surface area contributed by atoms with E-state index in [4.69, 9.17) is 4.74 Å². The fourth-order valence-corrected chi connectivity index (χ4v) is 3.01. The summed E-state index contributed by atoms with van der Waals surface area (Å²) in [6, 6.07) is 1.33. The Morgan fingerprint density at radius 2 is 2.19 bits per heavy atom. The van der Waals surface area contributed by atoms with Crippen LogP contribution in [0, 0.1) is 5.41 Å². The lowest BCUT2D eigenvalue weighted by Gasteiger charge is -2.52. The maximum atomic E-state index is 5.76. The summed E-state index contributed by atoms with van der Waals surface area (Å²) in [4.78, 5) is 2.41.